The van der Waals surface area contributed by atoms with Gasteiger partial charge in [0.2, 0.25) is 0 Å². The molecule has 0 spiro atoms. The Balaban J connectivity index is 2.06. The number of nitrogens with two attached hydrogens (primary N) is 1. The molecule has 1 saturated heterocycles. The molecule has 0 aromatic heterocycles. The SMILES string of the molecule is Nc1ccc(CC2(F)CCSC2)cc1. The van der Waals surface area contributed by atoms with Crippen molar-refractivity contribution in [1.29, 1.82) is 0 Å². The van der Waals surface area contributed by atoms with E-state index in [9.17, 15) is 4.39 Å². The Morgan fingerprint density at radius 2 is 2.07 bits per heavy atom. The number of hydrogen-bond donors (Lipinski definition) is 1. The number of benzene rings is 1. The van der Waals surface area contributed by atoms with E-state index < -0.39 is 5.67 Å². The number of anilines is 1. The Kier molecular flexibility index (Phi) is 2.68. The predicted molar refractivity (Wildman–Crippen MR) is 60.3 cm³/mol. The summed E-state index contributed by atoms with van der Waals surface area (Å²) in [5.41, 5.74) is 6.37. The molecule has 1 nitrogen and oxygen atoms in total. The van der Waals surface area contributed by atoms with Gasteiger partial charge in [-0.05, 0) is 29.9 Å². The van der Waals surface area contributed by atoms with Crippen molar-refractivity contribution >= 4 is 17.4 Å². The van der Waals surface area contributed by atoms with E-state index in [4.69, 9.17) is 5.73 Å². The van der Waals surface area contributed by atoms with Crippen LogP contribution in [0.15, 0.2) is 24.3 Å². The van der Waals surface area contributed by atoms with Crippen molar-refractivity contribution < 1.29 is 4.39 Å². The molecular weight excluding hydrogens is 197 g/mol. The molecule has 1 unspecified atom stereocenters. The quantitative estimate of drug-likeness (QED) is 0.761. The first-order valence-corrected chi connectivity index (χ1v) is 5.95. The number of alkyl halides is 1. The maximum atomic E-state index is 14.0. The summed E-state index contributed by atoms with van der Waals surface area (Å²) in [6.45, 7) is 0. The summed E-state index contributed by atoms with van der Waals surface area (Å²) in [6.07, 6.45) is 1.21. The van der Waals surface area contributed by atoms with Gasteiger partial charge in [0.05, 0.1) is 0 Å². The van der Waals surface area contributed by atoms with E-state index in [1.54, 1.807) is 11.8 Å². The largest absolute Gasteiger partial charge is 0.399 e. The molecular formula is C11H14FNS. The lowest BCUT2D eigenvalue weighted by atomic mass is 9.96. The average Bonchev–Trinajstić information content (AvgIpc) is 2.57. The normalized spacial score (nSPS) is 26.6. The molecule has 76 valence electrons. The van der Waals surface area contributed by atoms with Gasteiger partial charge >= 0.3 is 0 Å². The van der Waals surface area contributed by atoms with E-state index in [0.717, 1.165) is 17.0 Å². The number of nitrogen functional groups attached to an aromatic ring is 1. The van der Waals surface area contributed by atoms with Gasteiger partial charge in [0, 0.05) is 17.9 Å². The maximum Gasteiger partial charge on any atom is 0.124 e. The number of halogens is 1. The summed E-state index contributed by atoms with van der Waals surface area (Å²) < 4.78 is 14.0. The third kappa shape index (κ3) is 2.21. The molecule has 1 aromatic rings. The van der Waals surface area contributed by atoms with Gasteiger partial charge in [-0.1, -0.05) is 12.1 Å². The molecule has 1 heterocycles. The molecule has 1 aromatic carbocycles. The number of thioether (sulfide) groups is 1. The standard InChI is InChI=1S/C11H14FNS/c12-11(5-6-14-8-11)7-9-1-3-10(13)4-2-9/h1-4H,5-8,13H2. The maximum absolute atomic E-state index is 14.0. The Morgan fingerprint density at radius 1 is 1.36 bits per heavy atom. The minimum absolute atomic E-state index is 0.528. The molecule has 1 fully saturated rings. The van der Waals surface area contributed by atoms with Crippen LogP contribution in [-0.2, 0) is 6.42 Å². The molecule has 0 radical (unpaired) electrons. The van der Waals surface area contributed by atoms with Gasteiger partial charge in [-0.15, -0.1) is 0 Å². The third-order valence-corrected chi connectivity index (χ3v) is 3.77. The van der Waals surface area contributed by atoms with Crippen molar-refractivity contribution in [3.05, 3.63) is 29.8 Å². The molecule has 1 aliphatic rings. The van der Waals surface area contributed by atoms with Crippen molar-refractivity contribution in [2.45, 2.75) is 18.5 Å². The van der Waals surface area contributed by atoms with Crippen LogP contribution in [0.5, 0.6) is 0 Å². The van der Waals surface area contributed by atoms with Gasteiger partial charge in [0.15, 0.2) is 0 Å². The predicted octanol–water partition coefficient (Wildman–Crippen LogP) is 2.66. The Hall–Kier alpha value is -0.700. The molecule has 3 heteroatoms. The molecule has 1 atom stereocenters. The van der Waals surface area contributed by atoms with Gasteiger partial charge in [0.1, 0.15) is 5.67 Å². The average molecular weight is 211 g/mol. The second-order valence-electron chi connectivity index (χ2n) is 3.87. The topological polar surface area (TPSA) is 26.0 Å². The van der Waals surface area contributed by atoms with Crippen molar-refractivity contribution in [2.75, 3.05) is 17.2 Å². The van der Waals surface area contributed by atoms with E-state index in [1.165, 1.54) is 0 Å². The van der Waals surface area contributed by atoms with Crippen molar-refractivity contribution in [3.63, 3.8) is 0 Å². The highest BCUT2D eigenvalue weighted by atomic mass is 32.2. The van der Waals surface area contributed by atoms with Crippen LogP contribution in [0.25, 0.3) is 0 Å². The fraction of sp³-hybridized carbons (Fsp3) is 0.455. The van der Waals surface area contributed by atoms with Crippen molar-refractivity contribution in [1.82, 2.24) is 0 Å². The molecule has 1 aliphatic heterocycles. The number of hydrogen-bond acceptors (Lipinski definition) is 2. The van der Waals surface area contributed by atoms with Crippen LogP contribution in [0.1, 0.15) is 12.0 Å². The molecule has 2 N–H and O–H groups in total. The van der Waals surface area contributed by atoms with Crippen LogP contribution in [0.4, 0.5) is 10.1 Å². The van der Waals surface area contributed by atoms with E-state index in [-0.39, 0.29) is 0 Å². The molecule has 14 heavy (non-hydrogen) atoms. The van der Waals surface area contributed by atoms with Crippen LogP contribution in [0.3, 0.4) is 0 Å². The molecule has 0 amide bonds. The summed E-state index contributed by atoms with van der Waals surface area (Å²) in [6, 6.07) is 7.50. The lowest BCUT2D eigenvalue weighted by Gasteiger charge is -2.17. The lowest BCUT2D eigenvalue weighted by Crippen LogP contribution is -2.24. The smallest absolute Gasteiger partial charge is 0.124 e. The number of rotatable bonds is 2. The summed E-state index contributed by atoms with van der Waals surface area (Å²) in [5.74, 6) is 1.59. The molecule has 0 saturated carbocycles. The van der Waals surface area contributed by atoms with E-state index in [0.29, 0.717) is 18.6 Å². The Labute approximate surface area is 87.9 Å². The highest BCUT2D eigenvalue weighted by Gasteiger charge is 2.34. The van der Waals surface area contributed by atoms with Gasteiger partial charge in [0.25, 0.3) is 0 Å². The fourth-order valence-corrected chi connectivity index (χ4v) is 2.99. The second-order valence-corrected chi connectivity index (χ2v) is 4.98. The zero-order valence-corrected chi connectivity index (χ0v) is 8.82. The summed E-state index contributed by atoms with van der Waals surface area (Å²) in [7, 11) is 0. The summed E-state index contributed by atoms with van der Waals surface area (Å²) >= 11 is 1.70. The summed E-state index contributed by atoms with van der Waals surface area (Å²) in [5, 5.41) is 0. The molecule has 0 bridgehead atoms. The van der Waals surface area contributed by atoms with Gasteiger partial charge in [-0.25, -0.2) is 4.39 Å². The van der Waals surface area contributed by atoms with E-state index in [1.807, 2.05) is 24.3 Å². The zero-order chi connectivity index (χ0) is 10.0. The lowest BCUT2D eigenvalue weighted by molar-refractivity contribution is 0.199. The van der Waals surface area contributed by atoms with Crippen LogP contribution in [-0.4, -0.2) is 17.2 Å². The third-order valence-electron chi connectivity index (χ3n) is 2.56. The van der Waals surface area contributed by atoms with Crippen LogP contribution >= 0.6 is 11.8 Å². The first-order valence-electron chi connectivity index (χ1n) is 4.79. The first-order chi connectivity index (χ1) is 6.68. The van der Waals surface area contributed by atoms with Crippen LogP contribution < -0.4 is 5.73 Å². The van der Waals surface area contributed by atoms with Crippen molar-refractivity contribution in [3.8, 4) is 0 Å². The Bertz CT molecular complexity index is 304. The van der Waals surface area contributed by atoms with Crippen LogP contribution in [0.2, 0.25) is 0 Å². The molecule has 2 rings (SSSR count). The Morgan fingerprint density at radius 3 is 2.64 bits per heavy atom. The highest BCUT2D eigenvalue weighted by Crippen LogP contribution is 2.34. The first kappa shape index (κ1) is 9.84. The molecule has 0 aliphatic carbocycles. The monoisotopic (exact) mass is 211 g/mol. The zero-order valence-electron chi connectivity index (χ0n) is 8.00. The van der Waals surface area contributed by atoms with Crippen LogP contribution in [0, 0.1) is 0 Å². The summed E-state index contributed by atoms with van der Waals surface area (Å²) in [4.78, 5) is 0. The fourth-order valence-electron chi connectivity index (χ4n) is 1.72. The minimum atomic E-state index is -0.985. The van der Waals surface area contributed by atoms with Gasteiger partial charge in [-0.2, -0.15) is 11.8 Å². The van der Waals surface area contributed by atoms with Gasteiger partial charge in [-0.3, -0.25) is 0 Å². The minimum Gasteiger partial charge on any atom is -0.399 e. The highest BCUT2D eigenvalue weighted by molar-refractivity contribution is 7.99. The van der Waals surface area contributed by atoms with Gasteiger partial charge < -0.3 is 5.73 Å². The van der Waals surface area contributed by atoms with Crippen molar-refractivity contribution in [2.24, 2.45) is 0 Å². The van der Waals surface area contributed by atoms with E-state index >= 15 is 0 Å². The second kappa shape index (κ2) is 3.81. The van der Waals surface area contributed by atoms with E-state index in [2.05, 4.69) is 0 Å².